The number of fused-ring (bicyclic) bond motifs is 2. The van der Waals surface area contributed by atoms with Gasteiger partial charge < -0.3 is 9.55 Å². The minimum Gasteiger partial charge on any atom is -0.360 e. The minimum atomic E-state index is -0.331. The van der Waals surface area contributed by atoms with Gasteiger partial charge in [0.15, 0.2) is 4.80 Å². The zero-order chi connectivity index (χ0) is 17.4. The Bertz CT molecular complexity index is 1180. The lowest BCUT2D eigenvalue weighted by atomic mass is 10.2. The first-order valence-corrected chi connectivity index (χ1v) is 8.54. The van der Waals surface area contributed by atoms with Crippen LogP contribution in [0.2, 0.25) is 0 Å². The molecular weight excluding hydrogens is 337 g/mol. The maximum absolute atomic E-state index is 13.5. The third-order valence-electron chi connectivity index (χ3n) is 3.97. The van der Waals surface area contributed by atoms with Crippen LogP contribution < -0.4 is 4.80 Å². The Kier molecular flexibility index (Phi) is 3.82. The van der Waals surface area contributed by atoms with E-state index in [1.807, 2.05) is 28.8 Å². The molecule has 2 aromatic carbocycles. The van der Waals surface area contributed by atoms with Crippen LogP contribution in [0.4, 0.5) is 4.39 Å². The van der Waals surface area contributed by atoms with Crippen molar-refractivity contribution in [1.29, 1.82) is 0 Å². The fourth-order valence-electron chi connectivity index (χ4n) is 2.83. The average molecular weight is 351 g/mol. The summed E-state index contributed by atoms with van der Waals surface area (Å²) < 4.78 is 16.1. The Hall–Kier alpha value is -2.99. The Morgan fingerprint density at radius 3 is 3.00 bits per heavy atom. The summed E-state index contributed by atoms with van der Waals surface area (Å²) in [6.45, 7) is 4.24. The smallest absolute Gasteiger partial charge is 0.281 e. The molecule has 0 radical (unpaired) electrons. The highest BCUT2D eigenvalue weighted by Crippen LogP contribution is 2.20. The monoisotopic (exact) mass is 351 g/mol. The molecule has 4 rings (SSSR count). The number of nitrogens with zero attached hydrogens (tertiary/aromatic N) is 2. The number of benzene rings is 2. The summed E-state index contributed by atoms with van der Waals surface area (Å²) >= 11 is 1.29. The summed E-state index contributed by atoms with van der Waals surface area (Å²) in [6, 6.07) is 12.1. The molecule has 0 bridgehead atoms. The van der Waals surface area contributed by atoms with E-state index in [2.05, 4.69) is 16.6 Å². The van der Waals surface area contributed by atoms with Gasteiger partial charge >= 0.3 is 0 Å². The van der Waals surface area contributed by atoms with Crippen molar-refractivity contribution in [1.82, 2.24) is 9.55 Å². The highest BCUT2D eigenvalue weighted by atomic mass is 32.1. The van der Waals surface area contributed by atoms with E-state index in [0.717, 1.165) is 21.1 Å². The van der Waals surface area contributed by atoms with E-state index in [1.54, 1.807) is 18.3 Å². The van der Waals surface area contributed by atoms with Crippen LogP contribution in [0.15, 0.2) is 66.3 Å². The standard InChI is InChI=1S/C19H14FN3OS/c1-2-9-23-16-8-7-12(20)10-17(16)25-19(23)22-18(24)14-11-21-15-6-4-3-5-13(14)15/h2-8,10-11,21H,1,9H2. The van der Waals surface area contributed by atoms with Crippen molar-refractivity contribution in [3.8, 4) is 0 Å². The van der Waals surface area contributed by atoms with Gasteiger partial charge in [-0.25, -0.2) is 4.39 Å². The summed E-state index contributed by atoms with van der Waals surface area (Å²) in [7, 11) is 0. The largest absolute Gasteiger partial charge is 0.360 e. The number of carbonyl (C=O) groups is 1. The van der Waals surface area contributed by atoms with Crippen molar-refractivity contribution < 1.29 is 9.18 Å². The number of aromatic amines is 1. The predicted molar refractivity (Wildman–Crippen MR) is 98.2 cm³/mol. The molecule has 0 aliphatic carbocycles. The molecule has 0 saturated carbocycles. The van der Waals surface area contributed by atoms with Crippen LogP contribution in [0.1, 0.15) is 10.4 Å². The molecule has 0 spiro atoms. The number of nitrogens with one attached hydrogen (secondary N) is 1. The SMILES string of the molecule is C=CCn1c(=NC(=O)c2c[nH]c3ccccc23)sc2cc(F)ccc21. The summed E-state index contributed by atoms with van der Waals surface area (Å²) in [6.07, 6.45) is 3.39. The van der Waals surface area contributed by atoms with Crippen LogP contribution in [0.25, 0.3) is 21.1 Å². The predicted octanol–water partition coefficient (Wildman–Crippen LogP) is 4.25. The number of para-hydroxylation sites is 1. The third-order valence-corrected chi connectivity index (χ3v) is 5.01. The fraction of sp³-hybridized carbons (Fsp3) is 0.0526. The van der Waals surface area contributed by atoms with Gasteiger partial charge in [-0.2, -0.15) is 4.99 Å². The lowest BCUT2D eigenvalue weighted by molar-refractivity contribution is 0.0999. The second-order valence-electron chi connectivity index (χ2n) is 5.56. The number of hydrogen-bond acceptors (Lipinski definition) is 2. The van der Waals surface area contributed by atoms with Crippen LogP contribution >= 0.6 is 11.3 Å². The van der Waals surface area contributed by atoms with Gasteiger partial charge in [-0.15, -0.1) is 6.58 Å². The number of allylic oxidation sites excluding steroid dienone is 1. The Morgan fingerprint density at radius 1 is 1.32 bits per heavy atom. The van der Waals surface area contributed by atoms with Crippen molar-refractivity contribution in [2.45, 2.75) is 6.54 Å². The minimum absolute atomic E-state index is 0.311. The van der Waals surface area contributed by atoms with Crippen LogP contribution in [-0.4, -0.2) is 15.5 Å². The molecule has 4 nitrogen and oxygen atoms in total. The lowest BCUT2D eigenvalue weighted by Crippen LogP contribution is -2.16. The van der Waals surface area contributed by atoms with E-state index in [-0.39, 0.29) is 11.7 Å². The van der Waals surface area contributed by atoms with Crippen molar-refractivity contribution in [2.24, 2.45) is 4.99 Å². The van der Waals surface area contributed by atoms with Crippen molar-refractivity contribution >= 4 is 38.4 Å². The maximum Gasteiger partial charge on any atom is 0.281 e. The summed E-state index contributed by atoms with van der Waals surface area (Å²) in [5, 5.41) is 0.832. The summed E-state index contributed by atoms with van der Waals surface area (Å²) in [5.41, 5.74) is 2.24. The van der Waals surface area contributed by atoms with Gasteiger partial charge in [0.2, 0.25) is 0 Å². The molecule has 0 aliphatic rings. The first-order valence-electron chi connectivity index (χ1n) is 7.72. The second kappa shape index (κ2) is 6.14. The Labute approximate surface area is 146 Å². The quantitative estimate of drug-likeness (QED) is 0.551. The average Bonchev–Trinajstić information content (AvgIpc) is 3.17. The molecular formula is C19H14FN3OS. The van der Waals surface area contributed by atoms with E-state index in [9.17, 15) is 9.18 Å². The van der Waals surface area contributed by atoms with Crippen molar-refractivity contribution in [3.05, 3.63) is 77.5 Å². The molecule has 1 amide bonds. The van der Waals surface area contributed by atoms with Gasteiger partial charge in [0.05, 0.1) is 15.8 Å². The highest BCUT2D eigenvalue weighted by Gasteiger charge is 2.13. The first-order chi connectivity index (χ1) is 12.2. The van der Waals surface area contributed by atoms with Crippen LogP contribution in [0, 0.1) is 5.82 Å². The number of thiazole rings is 1. The second-order valence-corrected chi connectivity index (χ2v) is 6.57. The topological polar surface area (TPSA) is 50.1 Å². The third kappa shape index (κ3) is 2.70. The fourth-order valence-corrected chi connectivity index (χ4v) is 3.90. The molecule has 124 valence electrons. The number of aromatic nitrogens is 2. The number of hydrogen-bond donors (Lipinski definition) is 1. The summed E-state index contributed by atoms with van der Waals surface area (Å²) in [4.78, 5) is 20.6. The number of H-pyrrole nitrogens is 1. The molecule has 0 fully saturated rings. The van der Waals surface area contributed by atoms with E-state index >= 15 is 0 Å². The van der Waals surface area contributed by atoms with Crippen molar-refractivity contribution in [3.63, 3.8) is 0 Å². The van der Waals surface area contributed by atoms with Gasteiger partial charge in [-0.1, -0.05) is 35.6 Å². The number of halogens is 1. The van der Waals surface area contributed by atoms with Crippen LogP contribution in [-0.2, 0) is 6.54 Å². The maximum atomic E-state index is 13.5. The van der Waals surface area contributed by atoms with E-state index in [4.69, 9.17) is 0 Å². The molecule has 6 heteroatoms. The Morgan fingerprint density at radius 2 is 2.16 bits per heavy atom. The Balaban J connectivity index is 1.89. The lowest BCUT2D eigenvalue weighted by Gasteiger charge is -2.00. The molecule has 0 saturated heterocycles. The zero-order valence-electron chi connectivity index (χ0n) is 13.2. The van der Waals surface area contributed by atoms with Crippen molar-refractivity contribution in [2.75, 3.05) is 0 Å². The number of carbonyl (C=O) groups excluding carboxylic acids is 1. The molecule has 2 aromatic heterocycles. The molecule has 4 aromatic rings. The molecule has 0 aliphatic heterocycles. The van der Waals surface area contributed by atoms with Gasteiger partial charge in [0.25, 0.3) is 5.91 Å². The first kappa shape index (κ1) is 15.5. The van der Waals surface area contributed by atoms with Gasteiger partial charge in [-0.05, 0) is 24.3 Å². The molecule has 2 heterocycles. The molecule has 25 heavy (non-hydrogen) atoms. The molecule has 0 atom stereocenters. The normalized spacial score (nSPS) is 12.1. The molecule has 0 unspecified atom stereocenters. The highest BCUT2D eigenvalue weighted by molar-refractivity contribution is 7.16. The molecule has 1 N–H and O–H groups in total. The van der Waals surface area contributed by atoms with Gasteiger partial charge in [0.1, 0.15) is 5.82 Å². The van der Waals surface area contributed by atoms with Gasteiger partial charge in [-0.3, -0.25) is 4.79 Å². The number of amides is 1. The van der Waals surface area contributed by atoms with E-state index < -0.39 is 0 Å². The summed E-state index contributed by atoms with van der Waals surface area (Å²) in [5.74, 6) is -0.642. The number of rotatable bonds is 3. The van der Waals surface area contributed by atoms with E-state index in [0.29, 0.717) is 16.9 Å². The van der Waals surface area contributed by atoms with Gasteiger partial charge in [0, 0.05) is 23.6 Å². The zero-order valence-corrected chi connectivity index (χ0v) is 14.0. The van der Waals surface area contributed by atoms with Crippen LogP contribution in [0.3, 0.4) is 0 Å². The van der Waals surface area contributed by atoms with Crippen LogP contribution in [0.5, 0.6) is 0 Å². The van der Waals surface area contributed by atoms with E-state index in [1.165, 1.54) is 23.5 Å².